The molecule has 21 heavy (non-hydrogen) atoms. The largest absolute Gasteiger partial charge is 0.296 e. The summed E-state index contributed by atoms with van der Waals surface area (Å²) in [5, 5.41) is 8.40. The number of nitrogens with zero attached hydrogens (tertiary/aromatic N) is 2. The van der Waals surface area contributed by atoms with Crippen LogP contribution in [0.2, 0.25) is 5.02 Å². The fourth-order valence-electron chi connectivity index (χ4n) is 1.68. The Labute approximate surface area is 134 Å². The molecule has 106 valence electrons. The highest BCUT2D eigenvalue weighted by Crippen LogP contribution is 2.25. The molecule has 0 fully saturated rings. The minimum Gasteiger partial charge on any atom is -0.296 e. The van der Waals surface area contributed by atoms with Gasteiger partial charge in [-0.1, -0.05) is 23.7 Å². The third kappa shape index (κ3) is 3.29. The topological polar surface area (TPSA) is 54.9 Å². The molecule has 1 amide bonds. The predicted molar refractivity (Wildman–Crippen MR) is 87.4 cm³/mol. The standard InChI is InChI=1S/C14H10ClN3OS2/c1-8-6-21-14(16-8)18-12(19)11-7-20-13(17-11)9-2-4-10(15)5-3-9/h2-7H,1H3,(H,16,18,19). The zero-order valence-corrected chi connectivity index (χ0v) is 13.4. The van der Waals surface area contributed by atoms with Crippen LogP contribution < -0.4 is 5.32 Å². The molecular weight excluding hydrogens is 326 g/mol. The van der Waals surface area contributed by atoms with Gasteiger partial charge in [0.15, 0.2) is 5.13 Å². The zero-order chi connectivity index (χ0) is 14.8. The lowest BCUT2D eigenvalue weighted by Crippen LogP contribution is -2.12. The Bertz CT molecular complexity index is 780. The van der Waals surface area contributed by atoms with Gasteiger partial charge in [0.1, 0.15) is 10.7 Å². The summed E-state index contributed by atoms with van der Waals surface area (Å²) in [5.74, 6) is -0.249. The Morgan fingerprint density at radius 2 is 1.90 bits per heavy atom. The minimum atomic E-state index is -0.249. The second kappa shape index (κ2) is 5.93. The van der Waals surface area contributed by atoms with Crippen LogP contribution in [0.15, 0.2) is 35.0 Å². The molecule has 0 aliphatic rings. The Balaban J connectivity index is 1.78. The molecule has 0 atom stereocenters. The lowest BCUT2D eigenvalue weighted by molar-refractivity contribution is 0.102. The average Bonchev–Trinajstić information content (AvgIpc) is 3.09. The van der Waals surface area contributed by atoms with Crippen molar-refractivity contribution in [2.45, 2.75) is 6.92 Å². The summed E-state index contributed by atoms with van der Waals surface area (Å²) >= 11 is 8.68. The Morgan fingerprint density at radius 1 is 1.14 bits per heavy atom. The van der Waals surface area contributed by atoms with Crippen LogP contribution in [0.4, 0.5) is 5.13 Å². The second-order valence-electron chi connectivity index (χ2n) is 4.29. The smallest absolute Gasteiger partial charge is 0.276 e. The van der Waals surface area contributed by atoms with Crippen LogP contribution in [0.1, 0.15) is 16.2 Å². The monoisotopic (exact) mass is 335 g/mol. The summed E-state index contributed by atoms with van der Waals surface area (Å²) in [4.78, 5) is 20.7. The highest BCUT2D eigenvalue weighted by Gasteiger charge is 2.13. The number of halogens is 1. The quantitative estimate of drug-likeness (QED) is 0.767. The molecule has 3 rings (SSSR count). The predicted octanol–water partition coefficient (Wildman–Crippen LogP) is 4.48. The fraction of sp³-hybridized carbons (Fsp3) is 0.0714. The van der Waals surface area contributed by atoms with Crippen molar-refractivity contribution >= 4 is 45.3 Å². The van der Waals surface area contributed by atoms with Crippen molar-refractivity contribution in [2.24, 2.45) is 0 Å². The first-order valence-corrected chi connectivity index (χ1v) is 8.20. The molecule has 0 saturated heterocycles. The molecule has 1 aromatic carbocycles. The van der Waals surface area contributed by atoms with Gasteiger partial charge in [-0.05, 0) is 19.1 Å². The number of rotatable bonds is 3. The minimum absolute atomic E-state index is 0.249. The molecule has 4 nitrogen and oxygen atoms in total. The summed E-state index contributed by atoms with van der Waals surface area (Å²) in [5.41, 5.74) is 2.21. The van der Waals surface area contributed by atoms with Crippen LogP contribution >= 0.6 is 34.3 Å². The lowest BCUT2D eigenvalue weighted by Gasteiger charge is -1.98. The Kier molecular flexibility index (Phi) is 4.01. The van der Waals surface area contributed by atoms with E-state index in [0.29, 0.717) is 15.8 Å². The molecule has 0 spiro atoms. The first-order chi connectivity index (χ1) is 10.1. The van der Waals surface area contributed by atoms with Gasteiger partial charge >= 0.3 is 0 Å². The molecule has 3 aromatic rings. The Hall–Kier alpha value is -1.76. The summed E-state index contributed by atoms with van der Waals surface area (Å²) in [6, 6.07) is 7.37. The molecular formula is C14H10ClN3OS2. The van der Waals surface area contributed by atoms with E-state index in [-0.39, 0.29) is 5.91 Å². The van der Waals surface area contributed by atoms with Gasteiger partial charge in [-0.2, -0.15) is 0 Å². The van der Waals surface area contributed by atoms with Gasteiger partial charge in [0.2, 0.25) is 0 Å². The normalized spacial score (nSPS) is 10.6. The van der Waals surface area contributed by atoms with Gasteiger partial charge in [0.05, 0.1) is 5.69 Å². The van der Waals surface area contributed by atoms with Crippen LogP contribution in [-0.2, 0) is 0 Å². The van der Waals surface area contributed by atoms with Gasteiger partial charge in [-0.25, -0.2) is 9.97 Å². The van der Waals surface area contributed by atoms with Crippen molar-refractivity contribution in [3.63, 3.8) is 0 Å². The first-order valence-electron chi connectivity index (χ1n) is 6.07. The number of aryl methyl sites for hydroxylation is 1. The third-order valence-corrected chi connectivity index (χ3v) is 4.69. The summed E-state index contributed by atoms with van der Waals surface area (Å²) < 4.78 is 0. The van der Waals surface area contributed by atoms with E-state index in [4.69, 9.17) is 11.6 Å². The molecule has 0 radical (unpaired) electrons. The molecule has 0 unspecified atom stereocenters. The van der Waals surface area contributed by atoms with E-state index >= 15 is 0 Å². The van der Waals surface area contributed by atoms with Gasteiger partial charge in [0, 0.05) is 21.3 Å². The molecule has 2 heterocycles. The average molecular weight is 336 g/mol. The van der Waals surface area contributed by atoms with Crippen molar-refractivity contribution in [3.8, 4) is 10.6 Å². The number of anilines is 1. The summed E-state index contributed by atoms with van der Waals surface area (Å²) in [6.45, 7) is 1.88. The molecule has 2 aromatic heterocycles. The Morgan fingerprint density at radius 3 is 2.57 bits per heavy atom. The van der Waals surface area contributed by atoms with E-state index < -0.39 is 0 Å². The molecule has 7 heteroatoms. The number of carbonyl (C=O) groups is 1. The van der Waals surface area contributed by atoms with Gasteiger partial charge in [0.25, 0.3) is 5.91 Å². The van der Waals surface area contributed by atoms with E-state index in [1.165, 1.54) is 22.7 Å². The maximum absolute atomic E-state index is 12.1. The molecule has 0 aliphatic carbocycles. The molecule has 0 saturated carbocycles. The lowest BCUT2D eigenvalue weighted by atomic mass is 10.2. The number of hydrogen-bond donors (Lipinski definition) is 1. The van der Waals surface area contributed by atoms with Crippen LogP contribution in [0.25, 0.3) is 10.6 Å². The van der Waals surface area contributed by atoms with Crippen molar-refractivity contribution in [1.29, 1.82) is 0 Å². The maximum Gasteiger partial charge on any atom is 0.276 e. The zero-order valence-electron chi connectivity index (χ0n) is 11.0. The summed E-state index contributed by atoms with van der Waals surface area (Å²) in [6.07, 6.45) is 0. The molecule has 1 N–H and O–H groups in total. The first kappa shape index (κ1) is 14.2. The fourth-order valence-corrected chi connectivity index (χ4v) is 3.29. The van der Waals surface area contributed by atoms with Crippen molar-refractivity contribution < 1.29 is 4.79 Å². The van der Waals surface area contributed by atoms with Crippen molar-refractivity contribution in [2.75, 3.05) is 5.32 Å². The molecule has 0 bridgehead atoms. The number of aromatic nitrogens is 2. The van der Waals surface area contributed by atoms with E-state index in [9.17, 15) is 4.79 Å². The van der Waals surface area contributed by atoms with Crippen molar-refractivity contribution in [1.82, 2.24) is 9.97 Å². The highest BCUT2D eigenvalue weighted by atomic mass is 35.5. The van der Waals surface area contributed by atoms with E-state index in [0.717, 1.165) is 16.3 Å². The van der Waals surface area contributed by atoms with Crippen LogP contribution in [0.5, 0.6) is 0 Å². The second-order valence-corrected chi connectivity index (χ2v) is 6.45. The number of carbonyl (C=O) groups excluding carboxylic acids is 1. The highest BCUT2D eigenvalue weighted by molar-refractivity contribution is 7.14. The van der Waals surface area contributed by atoms with Crippen LogP contribution in [-0.4, -0.2) is 15.9 Å². The maximum atomic E-state index is 12.1. The number of thiazole rings is 2. The van der Waals surface area contributed by atoms with Crippen molar-refractivity contribution in [3.05, 3.63) is 51.4 Å². The van der Waals surface area contributed by atoms with Crippen LogP contribution in [0.3, 0.4) is 0 Å². The third-order valence-electron chi connectivity index (χ3n) is 2.67. The number of benzene rings is 1. The van der Waals surface area contributed by atoms with E-state index in [1.807, 2.05) is 24.4 Å². The van der Waals surface area contributed by atoms with Gasteiger partial charge in [-0.15, -0.1) is 22.7 Å². The van der Waals surface area contributed by atoms with Crippen LogP contribution in [0, 0.1) is 6.92 Å². The number of amides is 1. The summed E-state index contributed by atoms with van der Waals surface area (Å²) in [7, 11) is 0. The molecule has 0 aliphatic heterocycles. The van der Waals surface area contributed by atoms with E-state index in [2.05, 4.69) is 15.3 Å². The SMILES string of the molecule is Cc1csc(NC(=O)c2csc(-c3ccc(Cl)cc3)n2)n1. The van der Waals surface area contributed by atoms with Gasteiger partial charge < -0.3 is 0 Å². The van der Waals surface area contributed by atoms with E-state index in [1.54, 1.807) is 17.5 Å². The number of nitrogens with one attached hydrogen (secondary N) is 1. The number of hydrogen-bond acceptors (Lipinski definition) is 5. The van der Waals surface area contributed by atoms with Gasteiger partial charge in [-0.3, -0.25) is 10.1 Å².